The lowest BCUT2D eigenvalue weighted by Gasteiger charge is -2.11. The minimum Gasteiger partial charge on any atom is -0.423 e. The fraction of sp³-hybridized carbons (Fsp3) is 0.188. The predicted molar refractivity (Wildman–Crippen MR) is 90.1 cm³/mol. The van der Waals surface area contributed by atoms with Gasteiger partial charge in [0, 0.05) is 25.7 Å². The van der Waals surface area contributed by atoms with Crippen molar-refractivity contribution in [1.29, 1.82) is 0 Å². The van der Waals surface area contributed by atoms with Crippen LogP contribution < -0.4 is 4.74 Å². The number of hydrogen-bond acceptors (Lipinski definition) is 6. The minimum absolute atomic E-state index is 0.0558. The van der Waals surface area contributed by atoms with E-state index in [0.717, 1.165) is 4.31 Å². The number of esters is 1. The lowest BCUT2D eigenvalue weighted by atomic mass is 10.2. The maximum atomic E-state index is 12.1. The molecule has 0 N–H and O–H groups in total. The molecule has 9 heteroatoms. The van der Waals surface area contributed by atoms with Gasteiger partial charge in [-0.15, -0.1) is 0 Å². The van der Waals surface area contributed by atoms with E-state index in [0.29, 0.717) is 5.56 Å². The number of nitrogens with zero attached hydrogens (tertiary/aromatic N) is 2. The Morgan fingerprint density at radius 2 is 1.72 bits per heavy atom. The maximum absolute atomic E-state index is 12.1. The smallest absolute Gasteiger partial charge is 0.343 e. The van der Waals surface area contributed by atoms with Crippen molar-refractivity contribution in [2.75, 3.05) is 14.1 Å². The summed E-state index contributed by atoms with van der Waals surface area (Å²) >= 11 is 0. The SMILES string of the molecule is Cc1cc(OC(=O)c2ccc(S(=O)(=O)N(C)C)cc2)ccc1[N+](=O)[O-]. The molecule has 0 heterocycles. The maximum Gasteiger partial charge on any atom is 0.343 e. The number of aryl methyl sites for hydroxylation is 1. The number of nitro benzene ring substituents is 1. The third-order valence-electron chi connectivity index (χ3n) is 3.44. The van der Waals surface area contributed by atoms with E-state index in [1.165, 1.54) is 63.5 Å². The van der Waals surface area contributed by atoms with Crippen molar-refractivity contribution in [2.45, 2.75) is 11.8 Å². The van der Waals surface area contributed by atoms with Crippen molar-refractivity contribution in [2.24, 2.45) is 0 Å². The third kappa shape index (κ3) is 4.01. The molecule has 0 aromatic heterocycles. The molecular weight excluding hydrogens is 348 g/mol. The average molecular weight is 364 g/mol. The standard InChI is InChI=1S/C16H16N2O6S/c1-11-10-13(6-9-15(11)18(20)21)24-16(19)12-4-7-14(8-5-12)25(22,23)17(2)3/h4-10H,1-3H3. The summed E-state index contributed by atoms with van der Waals surface area (Å²) in [6.45, 7) is 1.54. The number of nitro groups is 1. The van der Waals surface area contributed by atoms with Gasteiger partial charge in [0.2, 0.25) is 10.0 Å². The van der Waals surface area contributed by atoms with Gasteiger partial charge < -0.3 is 4.74 Å². The molecule has 0 aliphatic heterocycles. The first-order chi connectivity index (χ1) is 11.6. The van der Waals surface area contributed by atoms with E-state index in [1.807, 2.05) is 0 Å². The Morgan fingerprint density at radius 3 is 2.20 bits per heavy atom. The van der Waals surface area contributed by atoms with E-state index in [2.05, 4.69) is 0 Å². The van der Waals surface area contributed by atoms with Gasteiger partial charge in [0.05, 0.1) is 15.4 Å². The average Bonchev–Trinajstić information content (AvgIpc) is 2.54. The number of carbonyl (C=O) groups is 1. The molecule has 2 aromatic rings. The van der Waals surface area contributed by atoms with Crippen LogP contribution in [0.2, 0.25) is 0 Å². The molecule has 8 nitrogen and oxygen atoms in total. The van der Waals surface area contributed by atoms with E-state index >= 15 is 0 Å². The van der Waals surface area contributed by atoms with Crippen LogP contribution in [-0.2, 0) is 10.0 Å². The van der Waals surface area contributed by atoms with Gasteiger partial charge in [0.15, 0.2) is 0 Å². The summed E-state index contributed by atoms with van der Waals surface area (Å²) in [5.74, 6) is -0.528. The van der Waals surface area contributed by atoms with Crippen LogP contribution in [0.25, 0.3) is 0 Å². The number of hydrogen-bond donors (Lipinski definition) is 0. The van der Waals surface area contributed by atoms with E-state index in [-0.39, 0.29) is 21.9 Å². The van der Waals surface area contributed by atoms with Crippen LogP contribution in [0.4, 0.5) is 5.69 Å². The van der Waals surface area contributed by atoms with Gasteiger partial charge >= 0.3 is 5.97 Å². The van der Waals surface area contributed by atoms with Crippen molar-refractivity contribution < 1.29 is 22.9 Å². The van der Waals surface area contributed by atoms with Crippen molar-refractivity contribution in [1.82, 2.24) is 4.31 Å². The molecule has 132 valence electrons. The molecule has 0 aliphatic carbocycles. The molecular formula is C16H16N2O6S. The molecule has 0 saturated heterocycles. The Balaban J connectivity index is 2.19. The Hall–Kier alpha value is -2.78. The number of ether oxygens (including phenoxy) is 1. The first kappa shape index (κ1) is 18.6. The van der Waals surface area contributed by atoms with E-state index in [1.54, 1.807) is 0 Å². The second kappa shape index (κ2) is 6.99. The van der Waals surface area contributed by atoms with E-state index < -0.39 is 20.9 Å². The summed E-state index contributed by atoms with van der Waals surface area (Å²) < 4.78 is 30.2. The summed E-state index contributed by atoms with van der Waals surface area (Å²) in [5, 5.41) is 10.8. The predicted octanol–water partition coefficient (Wildman–Crippen LogP) is 2.37. The number of sulfonamides is 1. The quantitative estimate of drug-likeness (QED) is 0.349. The normalized spacial score (nSPS) is 11.4. The number of rotatable bonds is 5. The fourth-order valence-electron chi connectivity index (χ4n) is 2.04. The highest BCUT2D eigenvalue weighted by Crippen LogP contribution is 2.24. The van der Waals surface area contributed by atoms with E-state index in [9.17, 15) is 23.3 Å². The Bertz CT molecular complexity index is 920. The van der Waals surface area contributed by atoms with Gasteiger partial charge in [-0.1, -0.05) is 0 Å². The second-order valence-electron chi connectivity index (χ2n) is 5.41. The van der Waals surface area contributed by atoms with Crippen LogP contribution in [0.3, 0.4) is 0 Å². The van der Waals surface area contributed by atoms with Crippen LogP contribution in [-0.4, -0.2) is 37.7 Å². The first-order valence-electron chi connectivity index (χ1n) is 7.12. The zero-order valence-corrected chi connectivity index (χ0v) is 14.6. The fourth-order valence-corrected chi connectivity index (χ4v) is 2.94. The van der Waals surface area contributed by atoms with Crippen molar-refractivity contribution in [3.8, 4) is 5.75 Å². The lowest BCUT2D eigenvalue weighted by molar-refractivity contribution is -0.385. The highest BCUT2D eigenvalue weighted by molar-refractivity contribution is 7.89. The minimum atomic E-state index is -3.58. The van der Waals surface area contributed by atoms with Gasteiger partial charge in [0.1, 0.15) is 5.75 Å². The summed E-state index contributed by atoms with van der Waals surface area (Å²) in [4.78, 5) is 22.4. The largest absolute Gasteiger partial charge is 0.423 e. The molecule has 0 atom stereocenters. The zero-order valence-electron chi connectivity index (χ0n) is 13.8. The Labute approximate surface area is 144 Å². The monoisotopic (exact) mass is 364 g/mol. The molecule has 0 fully saturated rings. The van der Waals surface area contributed by atoms with Gasteiger partial charge in [-0.05, 0) is 43.3 Å². The van der Waals surface area contributed by atoms with E-state index in [4.69, 9.17) is 4.74 Å². The second-order valence-corrected chi connectivity index (χ2v) is 7.56. The third-order valence-corrected chi connectivity index (χ3v) is 5.27. The molecule has 2 rings (SSSR count). The topological polar surface area (TPSA) is 107 Å². The van der Waals surface area contributed by atoms with Crippen LogP contribution in [0.15, 0.2) is 47.4 Å². The van der Waals surface area contributed by atoms with Gasteiger partial charge in [-0.2, -0.15) is 0 Å². The molecule has 2 aromatic carbocycles. The number of carbonyl (C=O) groups excluding carboxylic acids is 1. The van der Waals surface area contributed by atoms with Crippen LogP contribution >= 0.6 is 0 Å². The molecule has 0 saturated carbocycles. The molecule has 0 aliphatic rings. The molecule has 0 spiro atoms. The molecule has 0 bridgehead atoms. The van der Waals surface area contributed by atoms with Crippen LogP contribution in [0, 0.1) is 17.0 Å². The summed E-state index contributed by atoms with van der Waals surface area (Å²) in [5.41, 5.74) is 0.453. The van der Waals surface area contributed by atoms with Crippen molar-refractivity contribution in [3.63, 3.8) is 0 Å². The van der Waals surface area contributed by atoms with Crippen LogP contribution in [0.1, 0.15) is 15.9 Å². The Kier molecular flexibility index (Phi) is 5.19. The van der Waals surface area contributed by atoms with Crippen molar-refractivity contribution >= 4 is 21.7 Å². The highest BCUT2D eigenvalue weighted by atomic mass is 32.2. The first-order valence-corrected chi connectivity index (χ1v) is 8.57. The molecule has 0 radical (unpaired) electrons. The van der Waals surface area contributed by atoms with Gasteiger partial charge in [-0.25, -0.2) is 17.5 Å². The van der Waals surface area contributed by atoms with Gasteiger partial charge in [0.25, 0.3) is 5.69 Å². The Morgan fingerprint density at radius 1 is 1.12 bits per heavy atom. The molecule has 0 amide bonds. The number of benzene rings is 2. The van der Waals surface area contributed by atoms with Crippen molar-refractivity contribution in [3.05, 3.63) is 63.7 Å². The summed E-state index contributed by atoms with van der Waals surface area (Å²) in [7, 11) is -0.757. The van der Waals surface area contributed by atoms with Crippen LogP contribution in [0.5, 0.6) is 5.75 Å². The highest BCUT2D eigenvalue weighted by Gasteiger charge is 2.18. The summed E-state index contributed by atoms with van der Waals surface area (Å²) in [6, 6.07) is 9.29. The zero-order chi connectivity index (χ0) is 18.8. The summed E-state index contributed by atoms with van der Waals surface area (Å²) in [6.07, 6.45) is 0. The van der Waals surface area contributed by atoms with Gasteiger partial charge in [-0.3, -0.25) is 10.1 Å². The molecule has 25 heavy (non-hydrogen) atoms. The lowest BCUT2D eigenvalue weighted by Crippen LogP contribution is -2.22. The molecule has 0 unspecified atom stereocenters.